The molecule has 0 unspecified atom stereocenters. The number of carboxylic acids is 1. The topological polar surface area (TPSA) is 88.7 Å². The molecular weight excluding hydrogens is 566 g/mol. The van der Waals surface area contributed by atoms with Gasteiger partial charge in [0.15, 0.2) is 5.60 Å². The fourth-order valence-corrected chi connectivity index (χ4v) is 4.45. The van der Waals surface area contributed by atoms with Crippen molar-refractivity contribution in [3.05, 3.63) is 86.6 Å². The van der Waals surface area contributed by atoms with Crippen LogP contribution in [0.4, 0.5) is 0 Å². The minimum Gasteiger partial charge on any atom is -0.478 e. The maximum atomic E-state index is 11.3. The van der Waals surface area contributed by atoms with E-state index in [9.17, 15) is 9.90 Å². The molecule has 4 aromatic rings. The van der Waals surface area contributed by atoms with Crippen molar-refractivity contribution in [3.63, 3.8) is 0 Å². The third-order valence-corrected chi connectivity index (χ3v) is 6.55. The fourth-order valence-electron chi connectivity index (χ4n) is 3.50. The van der Waals surface area contributed by atoms with Crippen molar-refractivity contribution >= 4 is 45.6 Å². The van der Waals surface area contributed by atoms with E-state index in [4.69, 9.17) is 14.1 Å². The van der Waals surface area contributed by atoms with Crippen molar-refractivity contribution in [2.75, 3.05) is 0 Å². The first-order valence-corrected chi connectivity index (χ1v) is 12.8. The zero-order valence-electron chi connectivity index (χ0n) is 20.1. The van der Waals surface area contributed by atoms with Crippen molar-refractivity contribution < 1.29 is 19.1 Å². The Hall–Kier alpha value is -2.72. The first kappa shape index (κ1) is 27.9. The number of nitrogens with zero attached hydrogens (tertiary/aromatic N) is 3. The van der Waals surface area contributed by atoms with Crippen LogP contribution in [0.2, 0.25) is 0 Å². The molecule has 2 aromatic carbocycles. The molecular formula is C26H27BrClN3O4S. The molecule has 0 fully saturated rings. The van der Waals surface area contributed by atoms with E-state index in [1.807, 2.05) is 54.2 Å². The summed E-state index contributed by atoms with van der Waals surface area (Å²) in [5.41, 5.74) is 4.38. The van der Waals surface area contributed by atoms with Gasteiger partial charge in [-0.3, -0.25) is 4.90 Å². The molecule has 190 valence electrons. The van der Waals surface area contributed by atoms with Gasteiger partial charge >= 0.3 is 5.97 Å². The second-order valence-corrected chi connectivity index (χ2v) is 10.4. The average molecular weight is 593 g/mol. The molecule has 0 radical (unpaired) electrons. The number of thiazole rings is 1. The van der Waals surface area contributed by atoms with Gasteiger partial charge in [-0.1, -0.05) is 34.1 Å². The standard InChI is InChI=1S/C26H26BrN3O4S.ClH/c1-17-23(29-24(33-17)19-5-4-6-20(27)11-19)14-30(13-21-15-35-16-28-21)12-18-7-9-22(10-8-18)34-26(2,3)25(31)32;/h4-11,15-16H,12-14H2,1-3H3,(H,31,32);1H. The van der Waals surface area contributed by atoms with Crippen molar-refractivity contribution in [2.45, 2.75) is 46.0 Å². The number of carboxylic acid groups (broad SMARTS) is 1. The number of carbonyl (C=O) groups is 1. The molecule has 0 aliphatic heterocycles. The van der Waals surface area contributed by atoms with E-state index in [0.29, 0.717) is 31.3 Å². The molecule has 7 nitrogen and oxygen atoms in total. The molecule has 0 saturated heterocycles. The number of aryl methyl sites for hydroxylation is 1. The molecule has 1 N–H and O–H groups in total. The second kappa shape index (κ2) is 12.0. The van der Waals surface area contributed by atoms with Gasteiger partial charge in [-0.25, -0.2) is 14.8 Å². The molecule has 0 saturated carbocycles. The van der Waals surface area contributed by atoms with Crippen LogP contribution < -0.4 is 4.74 Å². The molecule has 0 aliphatic carbocycles. The van der Waals surface area contributed by atoms with Crippen molar-refractivity contribution in [2.24, 2.45) is 0 Å². The molecule has 2 aromatic heterocycles. The van der Waals surface area contributed by atoms with E-state index in [0.717, 1.165) is 32.7 Å². The Balaban J connectivity index is 0.00000361. The minimum atomic E-state index is -1.30. The van der Waals surface area contributed by atoms with Crippen LogP contribution in [-0.2, 0) is 24.4 Å². The van der Waals surface area contributed by atoms with Gasteiger partial charge < -0.3 is 14.3 Å². The Morgan fingerprint density at radius 2 is 1.92 bits per heavy atom. The maximum absolute atomic E-state index is 11.3. The minimum absolute atomic E-state index is 0. The monoisotopic (exact) mass is 591 g/mol. The normalized spacial score (nSPS) is 11.4. The van der Waals surface area contributed by atoms with E-state index in [2.05, 4.69) is 25.8 Å². The number of hydrogen-bond acceptors (Lipinski definition) is 7. The number of halogens is 2. The van der Waals surface area contributed by atoms with E-state index in [1.54, 1.807) is 23.5 Å². The average Bonchev–Trinajstić information content (AvgIpc) is 3.45. The maximum Gasteiger partial charge on any atom is 0.347 e. The number of oxazole rings is 1. The smallest absolute Gasteiger partial charge is 0.347 e. The Labute approximate surface area is 228 Å². The molecule has 0 spiro atoms. The first-order valence-electron chi connectivity index (χ1n) is 11.0. The highest BCUT2D eigenvalue weighted by molar-refractivity contribution is 9.10. The number of aromatic nitrogens is 2. The summed E-state index contributed by atoms with van der Waals surface area (Å²) in [7, 11) is 0. The third kappa shape index (κ3) is 7.16. The van der Waals surface area contributed by atoms with Crippen LogP contribution in [0.1, 0.15) is 36.6 Å². The van der Waals surface area contributed by atoms with E-state index >= 15 is 0 Å². The Bertz CT molecular complexity index is 1290. The molecule has 10 heteroatoms. The van der Waals surface area contributed by atoms with E-state index in [1.165, 1.54) is 13.8 Å². The van der Waals surface area contributed by atoms with Gasteiger partial charge in [0.25, 0.3) is 0 Å². The van der Waals surface area contributed by atoms with Crippen LogP contribution in [-0.4, -0.2) is 31.5 Å². The lowest BCUT2D eigenvalue weighted by molar-refractivity contribution is -0.152. The molecule has 0 amide bonds. The van der Waals surface area contributed by atoms with Crippen LogP contribution in [0.25, 0.3) is 11.5 Å². The van der Waals surface area contributed by atoms with Gasteiger partial charge in [-0.2, -0.15) is 0 Å². The molecule has 0 bridgehead atoms. The highest BCUT2D eigenvalue weighted by Gasteiger charge is 2.29. The van der Waals surface area contributed by atoms with Gasteiger partial charge in [-0.05, 0) is 56.7 Å². The summed E-state index contributed by atoms with van der Waals surface area (Å²) >= 11 is 5.07. The van der Waals surface area contributed by atoms with Crippen LogP contribution >= 0.6 is 39.7 Å². The lowest BCUT2D eigenvalue weighted by atomic mass is 10.1. The predicted octanol–water partition coefficient (Wildman–Crippen LogP) is 6.74. The van der Waals surface area contributed by atoms with Gasteiger partial charge in [-0.15, -0.1) is 23.7 Å². The summed E-state index contributed by atoms with van der Waals surface area (Å²) < 4.78 is 12.6. The molecule has 36 heavy (non-hydrogen) atoms. The number of aliphatic carboxylic acids is 1. The number of hydrogen-bond donors (Lipinski definition) is 1. The largest absolute Gasteiger partial charge is 0.478 e. The Kier molecular flexibility index (Phi) is 9.30. The van der Waals surface area contributed by atoms with Gasteiger partial charge in [0.1, 0.15) is 11.5 Å². The van der Waals surface area contributed by atoms with Crippen LogP contribution in [0.5, 0.6) is 5.75 Å². The summed E-state index contributed by atoms with van der Waals surface area (Å²) in [5.74, 6) is 0.872. The molecule has 2 heterocycles. The van der Waals surface area contributed by atoms with Gasteiger partial charge in [0, 0.05) is 35.1 Å². The predicted molar refractivity (Wildman–Crippen MR) is 145 cm³/mol. The zero-order chi connectivity index (χ0) is 25.0. The van der Waals surface area contributed by atoms with Crippen molar-refractivity contribution in [1.82, 2.24) is 14.9 Å². The molecule has 0 atom stereocenters. The van der Waals surface area contributed by atoms with Crippen molar-refractivity contribution in [3.8, 4) is 17.2 Å². The summed E-state index contributed by atoms with van der Waals surface area (Å²) in [6, 6.07) is 15.4. The van der Waals surface area contributed by atoms with Gasteiger partial charge in [0.2, 0.25) is 5.89 Å². The molecule has 0 aliphatic rings. The quantitative estimate of drug-likeness (QED) is 0.218. The highest BCUT2D eigenvalue weighted by Crippen LogP contribution is 2.26. The second-order valence-electron chi connectivity index (χ2n) is 8.72. The third-order valence-electron chi connectivity index (χ3n) is 5.42. The number of rotatable bonds is 10. The SMILES string of the molecule is Cc1oc(-c2cccc(Br)c2)nc1CN(Cc1ccc(OC(C)(C)C(=O)O)cc1)Cc1cscn1.Cl. The number of benzene rings is 2. The summed E-state index contributed by atoms with van der Waals surface area (Å²) in [6.45, 7) is 6.89. The zero-order valence-corrected chi connectivity index (χ0v) is 23.3. The number of ether oxygens (including phenoxy) is 1. The summed E-state index contributed by atoms with van der Waals surface area (Å²) in [4.78, 5) is 22.8. The van der Waals surface area contributed by atoms with Crippen LogP contribution in [0, 0.1) is 6.92 Å². The van der Waals surface area contributed by atoms with Crippen molar-refractivity contribution in [1.29, 1.82) is 0 Å². The first-order chi connectivity index (χ1) is 16.7. The summed E-state index contributed by atoms with van der Waals surface area (Å²) in [5, 5.41) is 11.3. The van der Waals surface area contributed by atoms with E-state index < -0.39 is 11.6 Å². The van der Waals surface area contributed by atoms with Crippen LogP contribution in [0.15, 0.2) is 68.3 Å². The van der Waals surface area contributed by atoms with Gasteiger partial charge in [0.05, 0.1) is 16.9 Å². The van der Waals surface area contributed by atoms with E-state index in [-0.39, 0.29) is 12.4 Å². The highest BCUT2D eigenvalue weighted by atomic mass is 79.9. The van der Waals surface area contributed by atoms with Crippen LogP contribution in [0.3, 0.4) is 0 Å². The molecule has 4 rings (SSSR count). The Morgan fingerprint density at radius 3 is 2.56 bits per heavy atom. The lowest BCUT2D eigenvalue weighted by Gasteiger charge is -2.23. The Morgan fingerprint density at radius 1 is 1.17 bits per heavy atom. The fraction of sp³-hybridized carbons (Fsp3) is 0.269. The lowest BCUT2D eigenvalue weighted by Crippen LogP contribution is -2.37. The summed E-state index contributed by atoms with van der Waals surface area (Å²) in [6.07, 6.45) is 0.